The molecule has 2 saturated heterocycles. The summed E-state index contributed by atoms with van der Waals surface area (Å²) in [6.45, 7) is 9.67. The summed E-state index contributed by atoms with van der Waals surface area (Å²) in [5, 5.41) is 56.3. The number of aliphatic hydroxyl groups is 5. The normalized spacial score (nSPS) is 47.9. The smallest absolute Gasteiger partial charge is 0.187 e. The van der Waals surface area contributed by atoms with Crippen LogP contribution in [-0.2, 0) is 28.4 Å². The van der Waals surface area contributed by atoms with Gasteiger partial charge in [0.15, 0.2) is 6.29 Å². The van der Waals surface area contributed by atoms with E-state index >= 15 is 0 Å². The quantitative estimate of drug-likeness (QED) is 0.249. The topological polar surface area (TPSA) is 157 Å². The van der Waals surface area contributed by atoms with E-state index in [1.807, 2.05) is 6.92 Å². The second kappa shape index (κ2) is 12.9. The van der Waals surface area contributed by atoms with Crippen LogP contribution < -0.4 is 0 Å². The first-order chi connectivity index (χ1) is 20.7. The van der Waals surface area contributed by atoms with Crippen molar-refractivity contribution < 1.29 is 54.0 Å². The molecule has 11 heteroatoms. The standard InChI is InChI=1S/C33H54O11/c1-17(2)19-8-10-31(4)12-21-20(9-11-33(21,38)16-40-7)18(3)25(36)28(24(19)31)43-30-26(37)29-27(22(42-30)13-39-6)44-32(5,15-34)23(35)14-41-29/h12,17-18,20,22-23,25-30,34-38H,8-11,13-16H2,1-7H3/t18-,20+,22-,23+,25-,26-,27+,28-,29+,30-,31-,32-,33+/m1/s1. The van der Waals surface area contributed by atoms with Crippen LogP contribution in [0.4, 0.5) is 0 Å². The number of rotatable bonds is 8. The number of allylic oxidation sites excluding steroid dienone is 2. The van der Waals surface area contributed by atoms with Crippen LogP contribution in [0.25, 0.3) is 0 Å². The largest absolute Gasteiger partial charge is 0.393 e. The van der Waals surface area contributed by atoms with E-state index in [4.69, 9.17) is 28.4 Å². The molecule has 0 radical (unpaired) electrons. The third kappa shape index (κ3) is 5.85. The Bertz CT molecular complexity index is 1090. The van der Waals surface area contributed by atoms with E-state index in [1.54, 1.807) is 14.0 Å². The van der Waals surface area contributed by atoms with Crippen molar-refractivity contribution in [2.75, 3.05) is 40.6 Å². The molecule has 2 aliphatic heterocycles. The van der Waals surface area contributed by atoms with Gasteiger partial charge in [-0.3, -0.25) is 0 Å². The fourth-order valence-corrected chi connectivity index (χ4v) is 8.38. The lowest BCUT2D eigenvalue weighted by atomic mass is 9.68. The maximum absolute atomic E-state index is 12.2. The van der Waals surface area contributed by atoms with E-state index in [9.17, 15) is 25.5 Å². The van der Waals surface area contributed by atoms with Gasteiger partial charge in [0.1, 0.15) is 47.8 Å². The molecule has 0 aromatic heterocycles. The minimum atomic E-state index is -1.33. The van der Waals surface area contributed by atoms with Gasteiger partial charge in [0.05, 0.1) is 32.5 Å². The highest BCUT2D eigenvalue weighted by Gasteiger charge is 2.57. The minimum Gasteiger partial charge on any atom is -0.393 e. The summed E-state index contributed by atoms with van der Waals surface area (Å²) in [6.07, 6.45) is -2.89. The molecule has 5 aliphatic rings. The molecule has 5 N–H and O–H groups in total. The van der Waals surface area contributed by atoms with Crippen molar-refractivity contribution in [2.45, 2.75) is 121 Å². The van der Waals surface area contributed by atoms with Crippen LogP contribution in [0, 0.1) is 23.2 Å². The second-order valence-corrected chi connectivity index (χ2v) is 14.5. The first-order valence-electron chi connectivity index (χ1n) is 16.2. The lowest BCUT2D eigenvalue weighted by molar-refractivity contribution is -0.330. The molecule has 252 valence electrons. The van der Waals surface area contributed by atoms with Gasteiger partial charge in [-0.25, -0.2) is 0 Å². The van der Waals surface area contributed by atoms with Crippen molar-refractivity contribution in [3.05, 3.63) is 22.8 Å². The average molecular weight is 627 g/mol. The Balaban J connectivity index is 1.54. The summed E-state index contributed by atoms with van der Waals surface area (Å²) < 4.78 is 36.2. The summed E-state index contributed by atoms with van der Waals surface area (Å²) in [4.78, 5) is 0. The molecule has 0 amide bonds. The number of hydrogen-bond donors (Lipinski definition) is 5. The Morgan fingerprint density at radius 2 is 1.77 bits per heavy atom. The molecule has 0 bridgehead atoms. The van der Waals surface area contributed by atoms with Crippen molar-refractivity contribution in [2.24, 2.45) is 23.2 Å². The van der Waals surface area contributed by atoms with Crippen molar-refractivity contribution >= 4 is 0 Å². The van der Waals surface area contributed by atoms with Gasteiger partial charge in [-0.2, -0.15) is 0 Å². The molecule has 0 unspecified atom stereocenters. The van der Waals surface area contributed by atoms with Crippen LogP contribution >= 0.6 is 0 Å². The van der Waals surface area contributed by atoms with Crippen molar-refractivity contribution in [3.63, 3.8) is 0 Å². The first-order valence-corrected chi connectivity index (χ1v) is 16.2. The van der Waals surface area contributed by atoms with E-state index in [0.717, 1.165) is 24.0 Å². The Labute approximate surface area is 261 Å². The van der Waals surface area contributed by atoms with Gasteiger partial charge >= 0.3 is 0 Å². The van der Waals surface area contributed by atoms with Crippen molar-refractivity contribution in [1.29, 1.82) is 0 Å². The highest BCUT2D eigenvalue weighted by atomic mass is 16.7. The average Bonchev–Trinajstić information content (AvgIpc) is 3.43. The summed E-state index contributed by atoms with van der Waals surface area (Å²) in [6, 6.07) is 0. The van der Waals surface area contributed by atoms with E-state index in [-0.39, 0.29) is 37.6 Å². The van der Waals surface area contributed by atoms with Crippen LogP contribution in [0.15, 0.2) is 22.8 Å². The summed E-state index contributed by atoms with van der Waals surface area (Å²) in [5.41, 5.74) is 0.165. The summed E-state index contributed by atoms with van der Waals surface area (Å²) in [7, 11) is 3.12. The molecule has 3 aliphatic carbocycles. The number of fused-ring (bicyclic) bond motifs is 3. The van der Waals surface area contributed by atoms with Crippen LogP contribution in [-0.4, -0.2) is 126 Å². The molecule has 5 rings (SSSR count). The molecule has 0 spiro atoms. The molecule has 2 heterocycles. The highest BCUT2D eigenvalue weighted by molar-refractivity contribution is 5.42. The maximum Gasteiger partial charge on any atom is 0.187 e. The second-order valence-electron chi connectivity index (χ2n) is 14.5. The molecule has 13 atom stereocenters. The number of aliphatic hydroxyl groups excluding tert-OH is 4. The third-order valence-electron chi connectivity index (χ3n) is 11.1. The van der Waals surface area contributed by atoms with E-state index in [2.05, 4.69) is 26.8 Å². The Morgan fingerprint density at radius 1 is 1.05 bits per heavy atom. The van der Waals surface area contributed by atoms with Crippen LogP contribution in [0.2, 0.25) is 0 Å². The fourth-order valence-electron chi connectivity index (χ4n) is 8.38. The summed E-state index contributed by atoms with van der Waals surface area (Å²) >= 11 is 0. The highest BCUT2D eigenvalue weighted by Crippen LogP contribution is 2.56. The SMILES string of the molecule is COC[C@H]1O[C@H](O[C@@H]2C3=C(C(C)C)CC[C@]3(C)C=C3[C@@H](CC[C@]3(O)COC)[C@@H](C)[C@H]2O)[C@H](O)[C@@H]2OC[C@H](O)[C@@](C)(CO)O[C@H]21. The molecule has 0 aromatic rings. The van der Waals surface area contributed by atoms with Gasteiger partial charge in [-0.05, 0) is 61.5 Å². The van der Waals surface area contributed by atoms with Gasteiger partial charge in [0.2, 0.25) is 0 Å². The fraction of sp³-hybridized carbons (Fsp3) is 0.879. The van der Waals surface area contributed by atoms with Crippen LogP contribution in [0.3, 0.4) is 0 Å². The Kier molecular flexibility index (Phi) is 10.1. The zero-order chi connectivity index (χ0) is 32.2. The monoisotopic (exact) mass is 626 g/mol. The first kappa shape index (κ1) is 34.4. The van der Waals surface area contributed by atoms with Crippen LogP contribution in [0.5, 0.6) is 0 Å². The summed E-state index contributed by atoms with van der Waals surface area (Å²) in [5.74, 6) is -0.157. The molecule has 3 fully saturated rings. The predicted octanol–water partition coefficient (Wildman–Crippen LogP) is 1.48. The molecule has 1 saturated carbocycles. The van der Waals surface area contributed by atoms with Gasteiger partial charge in [0, 0.05) is 19.6 Å². The Hall–Kier alpha value is -0.960. The van der Waals surface area contributed by atoms with E-state index in [0.29, 0.717) is 12.8 Å². The van der Waals surface area contributed by atoms with Gasteiger partial charge < -0.3 is 54.0 Å². The molecule has 0 aromatic carbocycles. The van der Waals surface area contributed by atoms with Gasteiger partial charge in [0.25, 0.3) is 0 Å². The van der Waals surface area contributed by atoms with Crippen molar-refractivity contribution in [1.82, 2.24) is 0 Å². The minimum absolute atomic E-state index is 0.0724. The number of hydrogen-bond acceptors (Lipinski definition) is 11. The number of ether oxygens (including phenoxy) is 6. The predicted molar refractivity (Wildman–Crippen MR) is 160 cm³/mol. The molecular weight excluding hydrogens is 572 g/mol. The lowest BCUT2D eigenvalue weighted by Crippen LogP contribution is -2.63. The van der Waals surface area contributed by atoms with Gasteiger partial charge in [-0.1, -0.05) is 39.3 Å². The lowest BCUT2D eigenvalue weighted by Gasteiger charge is -2.48. The maximum atomic E-state index is 12.2. The van der Waals surface area contributed by atoms with Gasteiger partial charge in [-0.15, -0.1) is 0 Å². The zero-order valence-electron chi connectivity index (χ0n) is 27.3. The van der Waals surface area contributed by atoms with E-state index in [1.165, 1.54) is 12.7 Å². The molecular formula is C33H54O11. The van der Waals surface area contributed by atoms with Crippen LogP contribution in [0.1, 0.15) is 60.3 Å². The van der Waals surface area contributed by atoms with E-state index < -0.39 is 72.2 Å². The molecule has 44 heavy (non-hydrogen) atoms. The zero-order valence-corrected chi connectivity index (χ0v) is 27.3. The molecule has 11 nitrogen and oxygen atoms in total. The Morgan fingerprint density at radius 3 is 2.41 bits per heavy atom. The number of methoxy groups -OCH3 is 2. The van der Waals surface area contributed by atoms with Crippen molar-refractivity contribution in [3.8, 4) is 0 Å². The third-order valence-corrected chi connectivity index (χ3v) is 11.1.